The Morgan fingerprint density at radius 1 is 1.32 bits per heavy atom. The first-order chi connectivity index (χ1) is 8.99. The molecule has 0 bridgehead atoms. The van der Waals surface area contributed by atoms with Crippen molar-refractivity contribution in [3.63, 3.8) is 0 Å². The molecule has 0 atom stereocenters. The largest absolute Gasteiger partial charge is 0.478 e. The number of carboxylic acid groups (broad SMARTS) is 1. The molecule has 98 valence electrons. The molecule has 0 aliphatic rings. The summed E-state index contributed by atoms with van der Waals surface area (Å²) >= 11 is 0. The van der Waals surface area contributed by atoms with Crippen molar-refractivity contribution in [2.24, 2.45) is 0 Å². The van der Waals surface area contributed by atoms with Crippen LogP contribution in [0.3, 0.4) is 0 Å². The number of anilines is 1. The molecule has 0 unspecified atom stereocenters. The van der Waals surface area contributed by atoms with Crippen LogP contribution in [0.15, 0.2) is 28.8 Å². The van der Waals surface area contributed by atoms with Gasteiger partial charge in [-0.1, -0.05) is 11.2 Å². The van der Waals surface area contributed by atoms with Crippen molar-refractivity contribution in [3.8, 4) is 0 Å². The lowest BCUT2D eigenvalue weighted by Gasteiger charge is -2.08. The summed E-state index contributed by atoms with van der Waals surface area (Å²) in [6.07, 6.45) is 0. The van der Waals surface area contributed by atoms with Crippen LogP contribution < -0.4 is 5.32 Å². The number of carbonyl (C=O) groups excluding carboxylic acids is 1. The second-order valence-corrected chi connectivity index (χ2v) is 4.06. The lowest BCUT2D eigenvalue weighted by Crippen LogP contribution is -2.14. The lowest BCUT2D eigenvalue weighted by atomic mass is 10.1. The van der Waals surface area contributed by atoms with Gasteiger partial charge >= 0.3 is 5.97 Å². The fourth-order valence-electron chi connectivity index (χ4n) is 1.66. The summed E-state index contributed by atoms with van der Waals surface area (Å²) in [6, 6.07) is 6.19. The highest BCUT2D eigenvalue weighted by molar-refractivity contribution is 6.04. The summed E-state index contributed by atoms with van der Waals surface area (Å²) in [7, 11) is 0. The first kappa shape index (κ1) is 12.8. The Balaban J connectivity index is 2.27. The normalized spacial score (nSPS) is 10.2. The van der Waals surface area contributed by atoms with Crippen LogP contribution in [-0.4, -0.2) is 22.1 Å². The van der Waals surface area contributed by atoms with Gasteiger partial charge in [-0.25, -0.2) is 4.79 Å². The zero-order chi connectivity index (χ0) is 14.0. The van der Waals surface area contributed by atoms with E-state index in [-0.39, 0.29) is 11.3 Å². The molecule has 2 aromatic rings. The number of hydrogen-bond acceptors (Lipinski definition) is 4. The van der Waals surface area contributed by atoms with Gasteiger partial charge in [-0.15, -0.1) is 0 Å². The topological polar surface area (TPSA) is 92.4 Å². The van der Waals surface area contributed by atoms with Gasteiger partial charge in [0.2, 0.25) is 0 Å². The van der Waals surface area contributed by atoms with Crippen molar-refractivity contribution in [2.45, 2.75) is 13.8 Å². The van der Waals surface area contributed by atoms with E-state index in [0.29, 0.717) is 17.0 Å². The number of carbonyl (C=O) groups is 2. The molecule has 2 rings (SSSR count). The minimum Gasteiger partial charge on any atom is -0.478 e. The van der Waals surface area contributed by atoms with E-state index in [4.69, 9.17) is 9.63 Å². The van der Waals surface area contributed by atoms with E-state index in [1.807, 2.05) is 0 Å². The van der Waals surface area contributed by atoms with Crippen molar-refractivity contribution in [1.29, 1.82) is 0 Å². The highest BCUT2D eigenvalue weighted by Gasteiger charge is 2.15. The van der Waals surface area contributed by atoms with Gasteiger partial charge in [-0.2, -0.15) is 0 Å². The minimum absolute atomic E-state index is 0.147. The summed E-state index contributed by atoms with van der Waals surface area (Å²) in [5, 5.41) is 15.2. The predicted molar refractivity (Wildman–Crippen MR) is 67.3 cm³/mol. The second kappa shape index (κ2) is 4.93. The molecule has 0 saturated heterocycles. The molecule has 0 spiro atoms. The van der Waals surface area contributed by atoms with E-state index in [1.165, 1.54) is 12.1 Å². The number of carboxylic acids is 1. The van der Waals surface area contributed by atoms with E-state index in [0.717, 1.165) is 0 Å². The average Bonchev–Trinajstić information content (AvgIpc) is 2.78. The predicted octanol–water partition coefficient (Wildman–Crippen LogP) is 2.24. The van der Waals surface area contributed by atoms with Gasteiger partial charge < -0.3 is 14.9 Å². The van der Waals surface area contributed by atoms with Gasteiger partial charge in [-0.05, 0) is 31.5 Å². The fourth-order valence-corrected chi connectivity index (χ4v) is 1.66. The van der Waals surface area contributed by atoms with Crippen LogP contribution >= 0.6 is 0 Å². The van der Waals surface area contributed by atoms with E-state index in [1.54, 1.807) is 26.0 Å². The Hall–Kier alpha value is -2.63. The standard InChI is InChI=1S/C13H12N2O4/c1-7-6-11(15-19-7)12(16)14-10-5-3-4-9(8(10)2)13(17)18/h3-6H,1-2H3,(H,14,16)(H,17,18). The summed E-state index contributed by atoms with van der Waals surface area (Å²) in [5.74, 6) is -0.950. The fraction of sp³-hybridized carbons (Fsp3) is 0.154. The summed E-state index contributed by atoms with van der Waals surface area (Å²) in [6.45, 7) is 3.31. The number of aromatic carboxylic acids is 1. The molecule has 0 fully saturated rings. The number of rotatable bonds is 3. The summed E-state index contributed by atoms with van der Waals surface area (Å²) < 4.78 is 4.81. The van der Waals surface area contributed by atoms with Crippen molar-refractivity contribution in [3.05, 3.63) is 46.8 Å². The van der Waals surface area contributed by atoms with Crippen molar-refractivity contribution in [2.75, 3.05) is 5.32 Å². The van der Waals surface area contributed by atoms with Crippen LogP contribution in [0, 0.1) is 13.8 Å². The third-order valence-corrected chi connectivity index (χ3v) is 2.67. The Labute approximate surface area is 109 Å². The maximum Gasteiger partial charge on any atom is 0.336 e. The van der Waals surface area contributed by atoms with Crippen molar-refractivity contribution < 1.29 is 19.2 Å². The molecule has 2 N–H and O–H groups in total. The molecule has 1 aromatic heterocycles. The van der Waals surface area contributed by atoms with Gasteiger partial charge in [0.15, 0.2) is 5.69 Å². The van der Waals surface area contributed by atoms with E-state index in [9.17, 15) is 9.59 Å². The molecular weight excluding hydrogens is 248 g/mol. The lowest BCUT2D eigenvalue weighted by molar-refractivity contribution is 0.0695. The summed E-state index contributed by atoms with van der Waals surface area (Å²) in [4.78, 5) is 22.9. The molecule has 0 aliphatic heterocycles. The number of amides is 1. The number of hydrogen-bond donors (Lipinski definition) is 2. The Bertz CT molecular complexity index is 646. The van der Waals surface area contributed by atoms with E-state index in [2.05, 4.69) is 10.5 Å². The third kappa shape index (κ3) is 2.62. The van der Waals surface area contributed by atoms with Gasteiger partial charge in [0.1, 0.15) is 5.76 Å². The highest BCUT2D eigenvalue weighted by atomic mass is 16.5. The van der Waals surface area contributed by atoms with Crippen LogP contribution in [0.4, 0.5) is 5.69 Å². The van der Waals surface area contributed by atoms with Gasteiger partial charge in [0, 0.05) is 11.8 Å². The number of benzene rings is 1. The molecule has 0 saturated carbocycles. The summed E-state index contributed by atoms with van der Waals surface area (Å²) in [5.41, 5.74) is 1.22. The van der Waals surface area contributed by atoms with Crippen LogP contribution in [0.2, 0.25) is 0 Å². The maximum atomic E-state index is 11.9. The number of aryl methyl sites for hydroxylation is 1. The average molecular weight is 260 g/mol. The second-order valence-electron chi connectivity index (χ2n) is 4.06. The van der Waals surface area contributed by atoms with E-state index >= 15 is 0 Å². The molecule has 0 radical (unpaired) electrons. The molecular formula is C13H12N2O4. The van der Waals surface area contributed by atoms with Crippen LogP contribution in [-0.2, 0) is 0 Å². The van der Waals surface area contributed by atoms with Gasteiger partial charge in [-0.3, -0.25) is 4.79 Å². The zero-order valence-corrected chi connectivity index (χ0v) is 10.4. The van der Waals surface area contributed by atoms with Crippen LogP contribution in [0.1, 0.15) is 32.2 Å². The molecule has 19 heavy (non-hydrogen) atoms. The monoisotopic (exact) mass is 260 g/mol. The molecule has 6 nitrogen and oxygen atoms in total. The smallest absolute Gasteiger partial charge is 0.336 e. The Kier molecular flexibility index (Phi) is 3.33. The zero-order valence-electron chi connectivity index (χ0n) is 10.4. The number of aromatic nitrogens is 1. The maximum absolute atomic E-state index is 11.9. The van der Waals surface area contributed by atoms with Crippen molar-refractivity contribution >= 4 is 17.6 Å². The highest BCUT2D eigenvalue weighted by Crippen LogP contribution is 2.19. The molecule has 0 aliphatic carbocycles. The minimum atomic E-state index is -1.04. The van der Waals surface area contributed by atoms with Gasteiger partial charge in [0.05, 0.1) is 5.56 Å². The quantitative estimate of drug-likeness (QED) is 0.882. The number of nitrogens with one attached hydrogen (secondary N) is 1. The van der Waals surface area contributed by atoms with E-state index < -0.39 is 11.9 Å². The van der Waals surface area contributed by atoms with Crippen LogP contribution in [0.5, 0.6) is 0 Å². The SMILES string of the molecule is Cc1cc(C(=O)Nc2cccc(C(=O)O)c2C)no1. The van der Waals surface area contributed by atoms with Crippen LogP contribution in [0.25, 0.3) is 0 Å². The molecule has 1 amide bonds. The first-order valence-electron chi connectivity index (χ1n) is 5.56. The third-order valence-electron chi connectivity index (χ3n) is 2.67. The molecule has 6 heteroatoms. The Morgan fingerprint density at radius 2 is 2.05 bits per heavy atom. The van der Waals surface area contributed by atoms with Gasteiger partial charge in [0.25, 0.3) is 5.91 Å². The first-order valence-corrected chi connectivity index (χ1v) is 5.56. The molecule has 1 aromatic carbocycles. The number of nitrogens with zero attached hydrogens (tertiary/aromatic N) is 1. The van der Waals surface area contributed by atoms with Crippen molar-refractivity contribution in [1.82, 2.24) is 5.16 Å². The Morgan fingerprint density at radius 3 is 2.63 bits per heavy atom. The molecule has 1 heterocycles.